The number of carbonyl (C=O) groups excluding carboxylic acids is 2. The molecule has 0 spiro atoms. The van der Waals surface area contributed by atoms with Crippen LogP contribution in [0.3, 0.4) is 0 Å². The van der Waals surface area contributed by atoms with Crippen molar-refractivity contribution in [3.05, 3.63) is 28.5 Å². The van der Waals surface area contributed by atoms with Crippen molar-refractivity contribution in [3.63, 3.8) is 0 Å². The molecule has 7 heteroatoms. The number of furan rings is 1. The number of hydrogen-bond acceptors (Lipinski definition) is 5. The Bertz CT molecular complexity index is 889. The van der Waals surface area contributed by atoms with Crippen LogP contribution in [0, 0.1) is 19.8 Å². The van der Waals surface area contributed by atoms with E-state index in [0.717, 1.165) is 28.8 Å². The lowest BCUT2D eigenvalue weighted by molar-refractivity contribution is -0.133. The Balaban J connectivity index is 1.30. The van der Waals surface area contributed by atoms with Crippen LogP contribution < -0.4 is 0 Å². The van der Waals surface area contributed by atoms with Crippen LogP contribution in [0.4, 0.5) is 0 Å². The van der Waals surface area contributed by atoms with Crippen LogP contribution in [0.5, 0.6) is 0 Å². The number of piperazine rings is 1. The van der Waals surface area contributed by atoms with Crippen molar-refractivity contribution in [1.29, 1.82) is 0 Å². The summed E-state index contributed by atoms with van der Waals surface area (Å²) < 4.78 is 5.65. The number of aromatic nitrogens is 1. The zero-order valence-electron chi connectivity index (χ0n) is 18.0. The van der Waals surface area contributed by atoms with E-state index in [1.807, 2.05) is 35.8 Å². The molecule has 2 aliphatic rings. The van der Waals surface area contributed by atoms with Gasteiger partial charge in [0.05, 0.1) is 5.69 Å². The van der Waals surface area contributed by atoms with Gasteiger partial charge in [0.1, 0.15) is 10.6 Å². The van der Waals surface area contributed by atoms with Crippen LogP contribution in [0.2, 0.25) is 0 Å². The molecule has 0 N–H and O–H groups in total. The number of amides is 2. The summed E-state index contributed by atoms with van der Waals surface area (Å²) in [5, 5.41) is 0.737. The van der Waals surface area contributed by atoms with Crippen LogP contribution in [0.15, 0.2) is 16.5 Å². The van der Waals surface area contributed by atoms with Crippen molar-refractivity contribution < 1.29 is 14.0 Å². The van der Waals surface area contributed by atoms with Crippen LogP contribution >= 0.6 is 11.3 Å². The smallest absolute Gasteiger partial charge is 0.265 e. The first kappa shape index (κ1) is 21.1. The number of rotatable bonds is 5. The molecule has 3 heterocycles. The average Bonchev–Trinajstić information content (AvgIpc) is 3.38. The van der Waals surface area contributed by atoms with Gasteiger partial charge in [-0.3, -0.25) is 9.59 Å². The molecule has 1 aliphatic carbocycles. The topological polar surface area (TPSA) is 66.7 Å². The Morgan fingerprint density at radius 3 is 2.43 bits per heavy atom. The van der Waals surface area contributed by atoms with E-state index >= 15 is 0 Å². The fourth-order valence-corrected chi connectivity index (χ4v) is 5.51. The van der Waals surface area contributed by atoms with E-state index in [1.54, 1.807) is 0 Å². The Morgan fingerprint density at radius 1 is 1.07 bits per heavy atom. The largest absolute Gasteiger partial charge is 0.459 e. The summed E-state index contributed by atoms with van der Waals surface area (Å²) in [6.45, 7) is 6.18. The van der Waals surface area contributed by atoms with Gasteiger partial charge in [-0.25, -0.2) is 4.98 Å². The van der Waals surface area contributed by atoms with Crippen molar-refractivity contribution in [2.75, 3.05) is 26.2 Å². The molecule has 2 fully saturated rings. The average molecular weight is 430 g/mol. The highest BCUT2D eigenvalue weighted by Gasteiger charge is 2.28. The van der Waals surface area contributed by atoms with Crippen LogP contribution in [0.1, 0.15) is 66.1 Å². The zero-order chi connectivity index (χ0) is 21.1. The minimum atomic E-state index is 0.00818. The molecule has 2 amide bonds. The van der Waals surface area contributed by atoms with Gasteiger partial charge in [-0.2, -0.15) is 0 Å². The molecule has 1 saturated heterocycles. The molecule has 0 bridgehead atoms. The van der Waals surface area contributed by atoms with Crippen molar-refractivity contribution >= 4 is 23.2 Å². The predicted molar refractivity (Wildman–Crippen MR) is 118 cm³/mol. The van der Waals surface area contributed by atoms with Crippen molar-refractivity contribution in [1.82, 2.24) is 14.8 Å². The molecular weight excluding hydrogens is 398 g/mol. The molecule has 2 aromatic heterocycles. The summed E-state index contributed by atoms with van der Waals surface area (Å²) in [5.74, 6) is 2.51. The van der Waals surface area contributed by atoms with Gasteiger partial charge in [0.2, 0.25) is 5.91 Å². The molecule has 0 aromatic carbocycles. The van der Waals surface area contributed by atoms with Gasteiger partial charge in [-0.15, -0.1) is 11.3 Å². The SMILES string of the molecule is Cc1ccc(-c2nc(C)c(C(=O)N3CCN(C(=O)CCC4CCCCC4)CC3)s2)o1. The van der Waals surface area contributed by atoms with Gasteiger partial charge in [0.25, 0.3) is 5.91 Å². The number of thiazole rings is 1. The third kappa shape index (κ3) is 4.77. The molecule has 6 nitrogen and oxygen atoms in total. The summed E-state index contributed by atoms with van der Waals surface area (Å²) in [7, 11) is 0. The summed E-state index contributed by atoms with van der Waals surface area (Å²) in [6, 6.07) is 3.79. The minimum absolute atomic E-state index is 0.00818. The lowest BCUT2D eigenvalue weighted by atomic mass is 9.86. The first-order valence-corrected chi connectivity index (χ1v) is 11.9. The second-order valence-electron chi connectivity index (χ2n) is 8.56. The number of nitrogens with zero attached hydrogens (tertiary/aromatic N) is 3. The quantitative estimate of drug-likeness (QED) is 0.693. The summed E-state index contributed by atoms with van der Waals surface area (Å²) in [6.07, 6.45) is 8.22. The van der Waals surface area contributed by atoms with E-state index in [-0.39, 0.29) is 11.8 Å². The number of hydrogen-bond donors (Lipinski definition) is 0. The molecule has 2 aromatic rings. The van der Waals surface area contributed by atoms with Gasteiger partial charge >= 0.3 is 0 Å². The zero-order valence-corrected chi connectivity index (χ0v) is 18.8. The minimum Gasteiger partial charge on any atom is -0.459 e. The van der Waals surface area contributed by atoms with Crippen molar-refractivity contribution in [2.45, 2.75) is 58.8 Å². The van der Waals surface area contributed by atoms with E-state index in [1.165, 1.54) is 43.4 Å². The molecule has 162 valence electrons. The second kappa shape index (κ2) is 9.33. The number of carbonyl (C=O) groups is 2. The fraction of sp³-hybridized carbons (Fsp3) is 0.609. The Kier molecular flexibility index (Phi) is 6.56. The normalized spacial score (nSPS) is 18.1. The Morgan fingerprint density at radius 2 is 1.77 bits per heavy atom. The highest BCUT2D eigenvalue weighted by molar-refractivity contribution is 7.17. The molecule has 1 aliphatic heterocycles. The lowest BCUT2D eigenvalue weighted by Crippen LogP contribution is -2.50. The predicted octanol–water partition coefficient (Wildman–Crippen LogP) is 4.66. The second-order valence-corrected chi connectivity index (χ2v) is 9.56. The molecule has 1 saturated carbocycles. The first-order valence-electron chi connectivity index (χ1n) is 11.1. The maximum Gasteiger partial charge on any atom is 0.265 e. The highest BCUT2D eigenvalue weighted by Crippen LogP contribution is 2.30. The Hall–Kier alpha value is -2.15. The van der Waals surface area contributed by atoms with Crippen molar-refractivity contribution in [3.8, 4) is 10.8 Å². The number of aryl methyl sites for hydroxylation is 2. The van der Waals surface area contributed by atoms with E-state index < -0.39 is 0 Å². The maximum atomic E-state index is 13.0. The van der Waals surface area contributed by atoms with Gasteiger partial charge in [-0.1, -0.05) is 32.1 Å². The molecule has 30 heavy (non-hydrogen) atoms. The highest BCUT2D eigenvalue weighted by atomic mass is 32.1. The summed E-state index contributed by atoms with van der Waals surface area (Å²) in [5.41, 5.74) is 0.736. The lowest BCUT2D eigenvalue weighted by Gasteiger charge is -2.35. The van der Waals surface area contributed by atoms with Gasteiger partial charge in [-0.05, 0) is 38.3 Å². The third-order valence-electron chi connectivity index (χ3n) is 6.35. The van der Waals surface area contributed by atoms with Crippen LogP contribution in [0.25, 0.3) is 10.8 Å². The molecule has 0 radical (unpaired) electrons. The maximum absolute atomic E-state index is 13.0. The van der Waals surface area contributed by atoms with Crippen molar-refractivity contribution in [2.24, 2.45) is 5.92 Å². The standard InChI is InChI=1S/C23H31N3O3S/c1-16-8-10-19(29-16)22-24-17(2)21(30-22)23(28)26-14-12-25(13-15-26)20(27)11-9-18-6-4-3-5-7-18/h8,10,18H,3-7,9,11-15H2,1-2H3. The van der Waals surface area contributed by atoms with E-state index in [4.69, 9.17) is 4.42 Å². The third-order valence-corrected chi connectivity index (χ3v) is 7.51. The van der Waals surface area contributed by atoms with E-state index in [2.05, 4.69) is 4.98 Å². The fourth-order valence-electron chi connectivity index (χ4n) is 4.51. The molecule has 0 atom stereocenters. The van der Waals surface area contributed by atoms with E-state index in [0.29, 0.717) is 43.2 Å². The van der Waals surface area contributed by atoms with Gasteiger partial charge in [0.15, 0.2) is 10.8 Å². The first-order chi connectivity index (χ1) is 14.5. The summed E-state index contributed by atoms with van der Waals surface area (Å²) in [4.78, 5) is 34.6. The monoisotopic (exact) mass is 429 g/mol. The molecular formula is C23H31N3O3S. The van der Waals surface area contributed by atoms with Gasteiger partial charge in [0, 0.05) is 32.6 Å². The van der Waals surface area contributed by atoms with Crippen LogP contribution in [-0.2, 0) is 4.79 Å². The van der Waals surface area contributed by atoms with E-state index in [9.17, 15) is 9.59 Å². The van der Waals surface area contributed by atoms with Gasteiger partial charge < -0.3 is 14.2 Å². The molecule has 0 unspecified atom stereocenters. The summed E-state index contributed by atoms with van der Waals surface area (Å²) >= 11 is 1.38. The Labute approximate surface area is 182 Å². The van der Waals surface area contributed by atoms with Crippen LogP contribution in [-0.4, -0.2) is 52.8 Å². The molecule has 4 rings (SSSR count).